The summed E-state index contributed by atoms with van der Waals surface area (Å²) in [6.07, 6.45) is 7.27. The molecule has 1 aliphatic carbocycles. The molecule has 0 aromatic carbocycles. The first-order valence-corrected chi connectivity index (χ1v) is 6.05. The van der Waals surface area contributed by atoms with Crippen LogP contribution in [0.5, 0.6) is 0 Å². The van der Waals surface area contributed by atoms with Crippen LogP contribution in [-0.4, -0.2) is 17.3 Å². The number of rotatable bonds is 4. The summed E-state index contributed by atoms with van der Waals surface area (Å²) in [4.78, 5) is 0. The Hall–Kier alpha value is -0.0800. The lowest BCUT2D eigenvalue weighted by Gasteiger charge is -2.28. The van der Waals surface area contributed by atoms with Crippen molar-refractivity contribution in [3.8, 4) is 0 Å². The van der Waals surface area contributed by atoms with Crippen LogP contribution in [0.3, 0.4) is 0 Å². The molecule has 0 heterocycles. The maximum Gasteiger partial charge on any atom is 0.0696 e. The average Bonchev–Trinajstić information content (AvgIpc) is 2.18. The molecule has 0 aromatic heterocycles. The van der Waals surface area contributed by atoms with E-state index in [4.69, 9.17) is 5.73 Å². The molecule has 0 bridgehead atoms. The third kappa shape index (κ3) is 3.58. The van der Waals surface area contributed by atoms with Crippen LogP contribution in [0, 0.1) is 11.8 Å². The molecule has 84 valence electrons. The van der Waals surface area contributed by atoms with E-state index in [2.05, 4.69) is 13.8 Å². The average molecular weight is 199 g/mol. The van der Waals surface area contributed by atoms with Crippen molar-refractivity contribution in [2.24, 2.45) is 17.6 Å². The highest BCUT2D eigenvalue weighted by Gasteiger charge is 2.23. The van der Waals surface area contributed by atoms with Gasteiger partial charge in [0.25, 0.3) is 0 Å². The fraction of sp³-hybridized carbons (Fsp3) is 1.00. The van der Waals surface area contributed by atoms with Crippen LogP contribution in [-0.2, 0) is 0 Å². The minimum atomic E-state index is -0.293. The number of hydrogen-bond donors (Lipinski definition) is 2. The number of nitrogens with two attached hydrogens (primary N) is 1. The highest BCUT2D eigenvalue weighted by Crippen LogP contribution is 2.28. The highest BCUT2D eigenvalue weighted by molar-refractivity contribution is 4.78. The van der Waals surface area contributed by atoms with Crippen LogP contribution >= 0.6 is 0 Å². The molecule has 2 heteroatoms. The van der Waals surface area contributed by atoms with E-state index in [1.54, 1.807) is 0 Å². The Balaban J connectivity index is 2.27. The summed E-state index contributed by atoms with van der Waals surface area (Å²) in [5.74, 6) is 1.11. The number of aliphatic hydroxyl groups is 1. The lowest BCUT2D eigenvalue weighted by atomic mass is 9.83. The van der Waals surface area contributed by atoms with Crippen molar-refractivity contribution in [2.75, 3.05) is 0 Å². The van der Waals surface area contributed by atoms with Crippen molar-refractivity contribution in [1.29, 1.82) is 0 Å². The van der Waals surface area contributed by atoms with Gasteiger partial charge in [0, 0.05) is 6.04 Å². The van der Waals surface area contributed by atoms with E-state index < -0.39 is 0 Å². The van der Waals surface area contributed by atoms with Crippen molar-refractivity contribution in [1.82, 2.24) is 0 Å². The molecule has 14 heavy (non-hydrogen) atoms. The first-order chi connectivity index (χ1) is 6.61. The molecule has 2 unspecified atom stereocenters. The lowest BCUT2D eigenvalue weighted by molar-refractivity contribution is 0.0895. The quantitative estimate of drug-likeness (QED) is 0.730. The molecule has 0 aliphatic heterocycles. The van der Waals surface area contributed by atoms with E-state index >= 15 is 0 Å². The molecule has 1 aliphatic rings. The Kier molecular flexibility index (Phi) is 4.90. The molecule has 1 saturated carbocycles. The van der Waals surface area contributed by atoms with Crippen molar-refractivity contribution < 1.29 is 5.11 Å². The fourth-order valence-corrected chi connectivity index (χ4v) is 2.37. The third-order valence-electron chi connectivity index (χ3n) is 3.51. The minimum Gasteiger partial charge on any atom is -0.391 e. The summed E-state index contributed by atoms with van der Waals surface area (Å²) in [5, 5.41) is 9.92. The highest BCUT2D eigenvalue weighted by atomic mass is 16.3. The second-order valence-electron chi connectivity index (χ2n) is 5.13. The van der Waals surface area contributed by atoms with Crippen molar-refractivity contribution in [3.63, 3.8) is 0 Å². The summed E-state index contributed by atoms with van der Waals surface area (Å²) in [5.41, 5.74) is 5.93. The minimum absolute atomic E-state index is 0.0445. The predicted octanol–water partition coefficient (Wildman–Crippen LogP) is 2.30. The first-order valence-electron chi connectivity index (χ1n) is 6.05. The first kappa shape index (κ1) is 12.0. The van der Waals surface area contributed by atoms with Gasteiger partial charge in [0.1, 0.15) is 0 Å². The molecule has 0 aromatic rings. The summed E-state index contributed by atoms with van der Waals surface area (Å²) >= 11 is 0. The van der Waals surface area contributed by atoms with E-state index in [0.717, 1.165) is 12.3 Å². The van der Waals surface area contributed by atoms with Gasteiger partial charge in [0.15, 0.2) is 0 Å². The molecule has 0 amide bonds. The zero-order chi connectivity index (χ0) is 10.6. The molecule has 1 fully saturated rings. The molecular formula is C12H25NO. The van der Waals surface area contributed by atoms with Crippen LogP contribution < -0.4 is 5.73 Å². The van der Waals surface area contributed by atoms with Gasteiger partial charge in [-0.25, -0.2) is 0 Å². The van der Waals surface area contributed by atoms with E-state index in [-0.39, 0.29) is 12.1 Å². The summed E-state index contributed by atoms with van der Waals surface area (Å²) in [7, 11) is 0. The van der Waals surface area contributed by atoms with Crippen molar-refractivity contribution >= 4 is 0 Å². The molecule has 0 saturated heterocycles. The largest absolute Gasteiger partial charge is 0.391 e. The Morgan fingerprint density at radius 2 is 1.79 bits per heavy atom. The van der Waals surface area contributed by atoms with Gasteiger partial charge in [-0.05, 0) is 18.3 Å². The maximum atomic E-state index is 9.92. The van der Waals surface area contributed by atoms with Gasteiger partial charge < -0.3 is 10.8 Å². The van der Waals surface area contributed by atoms with E-state index in [0.29, 0.717) is 5.92 Å². The summed E-state index contributed by atoms with van der Waals surface area (Å²) in [6.45, 7) is 4.16. The van der Waals surface area contributed by atoms with Crippen molar-refractivity contribution in [3.05, 3.63) is 0 Å². The summed E-state index contributed by atoms with van der Waals surface area (Å²) in [6, 6.07) is -0.0445. The zero-order valence-electron chi connectivity index (χ0n) is 9.58. The number of hydrogen-bond acceptors (Lipinski definition) is 2. The molecule has 3 N–H and O–H groups in total. The van der Waals surface area contributed by atoms with Gasteiger partial charge in [0.2, 0.25) is 0 Å². The monoisotopic (exact) mass is 199 g/mol. The molecule has 0 radical (unpaired) electrons. The van der Waals surface area contributed by atoms with Crippen LogP contribution in [0.1, 0.15) is 52.4 Å². The van der Waals surface area contributed by atoms with Crippen molar-refractivity contribution in [2.45, 2.75) is 64.5 Å². The van der Waals surface area contributed by atoms with Gasteiger partial charge in [-0.3, -0.25) is 0 Å². The van der Waals surface area contributed by atoms with Gasteiger partial charge in [0.05, 0.1) is 6.10 Å². The van der Waals surface area contributed by atoms with E-state index in [1.165, 1.54) is 32.1 Å². The summed E-state index contributed by atoms with van der Waals surface area (Å²) < 4.78 is 0. The normalized spacial score (nSPS) is 23.8. The zero-order valence-corrected chi connectivity index (χ0v) is 9.58. The van der Waals surface area contributed by atoms with Gasteiger partial charge >= 0.3 is 0 Å². The Morgan fingerprint density at radius 3 is 2.29 bits per heavy atom. The molecule has 1 rings (SSSR count). The Labute approximate surface area is 87.9 Å². The van der Waals surface area contributed by atoms with Crippen LogP contribution in [0.15, 0.2) is 0 Å². The van der Waals surface area contributed by atoms with Gasteiger partial charge in [-0.15, -0.1) is 0 Å². The maximum absolute atomic E-state index is 9.92. The SMILES string of the molecule is CC(C)C(N)C(O)CC1CCCCC1. The Bertz CT molecular complexity index is 152. The van der Waals surface area contributed by atoms with E-state index in [1.807, 2.05) is 0 Å². The predicted molar refractivity (Wildman–Crippen MR) is 60.0 cm³/mol. The second-order valence-corrected chi connectivity index (χ2v) is 5.13. The van der Waals surface area contributed by atoms with E-state index in [9.17, 15) is 5.11 Å². The second kappa shape index (κ2) is 5.72. The standard InChI is InChI=1S/C12H25NO/c1-9(2)12(13)11(14)8-10-6-4-3-5-7-10/h9-12,14H,3-8,13H2,1-2H3. The molecule has 2 atom stereocenters. The number of aliphatic hydroxyl groups excluding tert-OH is 1. The smallest absolute Gasteiger partial charge is 0.0696 e. The fourth-order valence-electron chi connectivity index (χ4n) is 2.37. The molecule has 0 spiro atoms. The topological polar surface area (TPSA) is 46.2 Å². The molecular weight excluding hydrogens is 174 g/mol. The van der Waals surface area contributed by atoms with Gasteiger partial charge in [-0.1, -0.05) is 46.0 Å². The van der Waals surface area contributed by atoms with Crippen LogP contribution in [0.4, 0.5) is 0 Å². The van der Waals surface area contributed by atoms with Crippen LogP contribution in [0.2, 0.25) is 0 Å². The Morgan fingerprint density at radius 1 is 1.21 bits per heavy atom. The lowest BCUT2D eigenvalue weighted by Crippen LogP contribution is -2.40. The molecule has 2 nitrogen and oxygen atoms in total. The van der Waals surface area contributed by atoms with Crippen LogP contribution in [0.25, 0.3) is 0 Å². The third-order valence-corrected chi connectivity index (χ3v) is 3.51. The van der Waals surface area contributed by atoms with Gasteiger partial charge in [-0.2, -0.15) is 0 Å².